The van der Waals surface area contributed by atoms with Crippen LogP contribution in [0.4, 0.5) is 5.69 Å². The summed E-state index contributed by atoms with van der Waals surface area (Å²) < 4.78 is 3.00. The van der Waals surface area contributed by atoms with E-state index in [-0.39, 0.29) is 5.12 Å². The highest BCUT2D eigenvalue weighted by molar-refractivity contribution is 8.15. The topological polar surface area (TPSA) is 29.1 Å². The Morgan fingerprint density at radius 3 is 2.22 bits per heavy atom. The minimum Gasteiger partial charge on any atom is -0.323 e. The highest BCUT2D eigenvalue weighted by atomic mass is 32.2. The molecule has 2 aromatic carbocycles. The van der Waals surface area contributed by atoms with Crippen LogP contribution in [-0.4, -0.2) is 5.12 Å². The lowest BCUT2D eigenvalue weighted by molar-refractivity contribution is -0.106. The highest BCUT2D eigenvalue weighted by Crippen LogP contribution is 2.13. The molecule has 0 bridgehead atoms. The molecule has 0 amide bonds. The molecule has 0 heterocycles. The van der Waals surface area contributed by atoms with Crippen molar-refractivity contribution >= 4 is 28.8 Å². The predicted octanol–water partition coefficient (Wildman–Crippen LogP) is 3.99. The molecule has 0 aliphatic heterocycles. The van der Waals surface area contributed by atoms with Gasteiger partial charge in [-0.05, 0) is 23.8 Å². The van der Waals surface area contributed by atoms with E-state index in [9.17, 15) is 4.79 Å². The summed E-state index contributed by atoms with van der Waals surface area (Å²) in [5.74, 6) is 0. The van der Waals surface area contributed by atoms with E-state index in [0.717, 1.165) is 23.2 Å². The van der Waals surface area contributed by atoms with Crippen molar-refractivity contribution in [2.45, 2.75) is 0 Å². The Hall–Kier alpha value is -2.00. The number of carbonyl (C=O) groups is 1. The summed E-state index contributed by atoms with van der Waals surface area (Å²) in [5, 5.41) is -0.0253. The van der Waals surface area contributed by atoms with Gasteiger partial charge in [-0.15, -0.1) is 0 Å². The molecule has 0 aliphatic rings. The maximum Gasteiger partial charge on any atom is 0.232 e. The molecule has 18 heavy (non-hydrogen) atoms. The summed E-state index contributed by atoms with van der Waals surface area (Å²) >= 11 is 1.07. The molecule has 90 valence electrons. The summed E-state index contributed by atoms with van der Waals surface area (Å²) in [5.41, 5.74) is 1.94. The normalized spacial score (nSPS) is 10.4. The molecular weight excluding hydrogens is 242 g/mol. The van der Waals surface area contributed by atoms with Crippen molar-refractivity contribution < 1.29 is 4.79 Å². The number of rotatable bonds is 4. The molecular formula is C15H13NOS. The first-order chi connectivity index (χ1) is 8.84. The van der Waals surface area contributed by atoms with E-state index in [2.05, 4.69) is 4.72 Å². The van der Waals surface area contributed by atoms with Crippen molar-refractivity contribution in [2.75, 3.05) is 4.72 Å². The van der Waals surface area contributed by atoms with Crippen LogP contribution < -0.4 is 4.72 Å². The van der Waals surface area contributed by atoms with Crippen LogP contribution in [-0.2, 0) is 4.79 Å². The van der Waals surface area contributed by atoms with Crippen LogP contribution in [0.15, 0.2) is 66.7 Å². The predicted molar refractivity (Wildman–Crippen MR) is 78.1 cm³/mol. The second-order valence-corrected chi connectivity index (χ2v) is 4.44. The Kier molecular flexibility index (Phi) is 4.61. The third-order valence-corrected chi connectivity index (χ3v) is 2.93. The first kappa shape index (κ1) is 12.5. The zero-order valence-corrected chi connectivity index (χ0v) is 10.6. The lowest BCUT2D eigenvalue weighted by Crippen LogP contribution is -1.93. The van der Waals surface area contributed by atoms with Gasteiger partial charge in [-0.1, -0.05) is 54.6 Å². The van der Waals surface area contributed by atoms with Gasteiger partial charge in [0.1, 0.15) is 0 Å². The molecule has 3 heteroatoms. The number of anilines is 1. The number of nitrogens with one attached hydrogen (secondary N) is 1. The Morgan fingerprint density at radius 2 is 1.56 bits per heavy atom. The molecule has 0 fully saturated rings. The maximum absolute atomic E-state index is 11.6. The third-order valence-electron chi connectivity index (χ3n) is 2.25. The van der Waals surface area contributed by atoms with E-state index in [1.54, 1.807) is 6.08 Å². The molecule has 2 rings (SSSR count). The third kappa shape index (κ3) is 4.11. The van der Waals surface area contributed by atoms with E-state index >= 15 is 0 Å². The number of hydrogen-bond donors (Lipinski definition) is 1. The van der Waals surface area contributed by atoms with Crippen LogP contribution in [0.2, 0.25) is 0 Å². The van der Waals surface area contributed by atoms with Gasteiger partial charge < -0.3 is 4.72 Å². The van der Waals surface area contributed by atoms with Crippen molar-refractivity contribution in [1.29, 1.82) is 0 Å². The van der Waals surface area contributed by atoms with Gasteiger partial charge in [-0.2, -0.15) is 0 Å². The van der Waals surface area contributed by atoms with Crippen molar-refractivity contribution in [1.82, 2.24) is 0 Å². The van der Waals surface area contributed by atoms with Gasteiger partial charge in [0.2, 0.25) is 5.12 Å². The maximum atomic E-state index is 11.6. The fourth-order valence-corrected chi connectivity index (χ4v) is 1.87. The summed E-state index contributed by atoms with van der Waals surface area (Å²) in [7, 11) is 0. The van der Waals surface area contributed by atoms with Crippen LogP contribution in [0, 0.1) is 0 Å². The van der Waals surface area contributed by atoms with Gasteiger partial charge >= 0.3 is 0 Å². The molecule has 0 radical (unpaired) electrons. The van der Waals surface area contributed by atoms with Crippen molar-refractivity contribution in [2.24, 2.45) is 0 Å². The largest absolute Gasteiger partial charge is 0.323 e. The van der Waals surface area contributed by atoms with E-state index in [0.29, 0.717) is 0 Å². The molecule has 0 aliphatic carbocycles. The fraction of sp³-hybridized carbons (Fsp3) is 0. The minimum atomic E-state index is -0.0253. The average Bonchev–Trinajstić information content (AvgIpc) is 2.45. The Labute approximate surface area is 111 Å². The smallest absolute Gasteiger partial charge is 0.232 e. The van der Waals surface area contributed by atoms with Crippen LogP contribution >= 0.6 is 11.9 Å². The van der Waals surface area contributed by atoms with Gasteiger partial charge in [-0.25, -0.2) is 0 Å². The van der Waals surface area contributed by atoms with E-state index in [1.165, 1.54) is 0 Å². The van der Waals surface area contributed by atoms with Crippen LogP contribution in [0.3, 0.4) is 0 Å². The van der Waals surface area contributed by atoms with E-state index < -0.39 is 0 Å². The lowest BCUT2D eigenvalue weighted by atomic mass is 10.2. The summed E-state index contributed by atoms with van der Waals surface area (Å²) in [6, 6.07) is 19.4. The summed E-state index contributed by atoms with van der Waals surface area (Å²) in [4.78, 5) is 11.6. The Balaban J connectivity index is 1.84. The molecule has 2 aromatic rings. The van der Waals surface area contributed by atoms with Crippen LogP contribution in [0.25, 0.3) is 6.08 Å². The molecule has 0 atom stereocenters. The first-order valence-corrected chi connectivity index (χ1v) is 6.41. The molecule has 0 saturated heterocycles. The van der Waals surface area contributed by atoms with E-state index in [4.69, 9.17) is 0 Å². The number of hydrogen-bond acceptors (Lipinski definition) is 3. The zero-order chi connectivity index (χ0) is 12.6. The Morgan fingerprint density at radius 1 is 0.944 bits per heavy atom. The monoisotopic (exact) mass is 255 g/mol. The van der Waals surface area contributed by atoms with Gasteiger partial charge in [0.15, 0.2) is 0 Å². The molecule has 2 nitrogen and oxygen atoms in total. The second kappa shape index (κ2) is 6.67. The van der Waals surface area contributed by atoms with E-state index in [1.807, 2.05) is 66.7 Å². The second-order valence-electron chi connectivity index (χ2n) is 3.63. The SMILES string of the molecule is O=C(/C=C/c1ccccc1)SNc1ccccc1. The number of carbonyl (C=O) groups excluding carboxylic acids is 1. The van der Waals surface area contributed by atoms with Gasteiger partial charge in [0.05, 0.1) is 0 Å². The summed E-state index contributed by atoms with van der Waals surface area (Å²) in [6.45, 7) is 0. The highest BCUT2D eigenvalue weighted by Gasteiger charge is 1.97. The minimum absolute atomic E-state index is 0.0253. The van der Waals surface area contributed by atoms with Crippen molar-refractivity contribution in [3.8, 4) is 0 Å². The quantitative estimate of drug-likeness (QED) is 0.661. The lowest BCUT2D eigenvalue weighted by Gasteiger charge is -2.01. The molecule has 0 unspecified atom stereocenters. The summed E-state index contributed by atoms with van der Waals surface area (Å²) in [6.07, 6.45) is 3.37. The zero-order valence-electron chi connectivity index (χ0n) is 9.74. The van der Waals surface area contributed by atoms with Gasteiger partial charge in [0, 0.05) is 17.6 Å². The van der Waals surface area contributed by atoms with Crippen molar-refractivity contribution in [3.05, 3.63) is 72.3 Å². The number of para-hydroxylation sites is 1. The van der Waals surface area contributed by atoms with Crippen molar-refractivity contribution in [3.63, 3.8) is 0 Å². The van der Waals surface area contributed by atoms with Gasteiger partial charge in [0.25, 0.3) is 0 Å². The molecule has 1 N–H and O–H groups in total. The van der Waals surface area contributed by atoms with Crippen LogP contribution in [0.5, 0.6) is 0 Å². The van der Waals surface area contributed by atoms with Crippen LogP contribution in [0.1, 0.15) is 5.56 Å². The standard InChI is InChI=1S/C15H13NOS/c17-15(12-11-13-7-3-1-4-8-13)18-16-14-9-5-2-6-10-14/h1-12,16H/b12-11+. The molecule has 0 saturated carbocycles. The van der Waals surface area contributed by atoms with Gasteiger partial charge in [-0.3, -0.25) is 4.79 Å². The average molecular weight is 255 g/mol. The fourth-order valence-electron chi connectivity index (χ4n) is 1.38. The molecule has 0 aromatic heterocycles. The number of benzene rings is 2. The molecule has 0 spiro atoms. The first-order valence-electron chi connectivity index (χ1n) is 5.59. The Bertz CT molecular complexity index is 523.